The molecule has 18 heavy (non-hydrogen) atoms. The van der Waals surface area contributed by atoms with Crippen LogP contribution in [0.1, 0.15) is 56.1 Å². The quantitative estimate of drug-likeness (QED) is 0.712. The largest absolute Gasteiger partial charge is 0.342 e. The Kier molecular flexibility index (Phi) is 1.82. The fraction of sp³-hybridized carbons (Fsp3) is 0.750. The van der Waals surface area contributed by atoms with Gasteiger partial charge in [0.2, 0.25) is 5.91 Å². The lowest BCUT2D eigenvalue weighted by Gasteiger charge is -2.17. The standard InChI is InChI=1S/C12H17N5O/c13-11(3-4-11)10(18)15-12(5-6-12)9-14-8(16-17-9)7-1-2-7/h7H,1-6,13H2,(H,15,18)(H,14,16,17). The summed E-state index contributed by atoms with van der Waals surface area (Å²) in [6.07, 6.45) is 5.82. The van der Waals surface area contributed by atoms with Gasteiger partial charge in [0.05, 0.1) is 5.54 Å². The Labute approximate surface area is 105 Å². The maximum Gasteiger partial charge on any atom is 0.240 e. The molecule has 1 amide bonds. The summed E-state index contributed by atoms with van der Waals surface area (Å²) in [6.45, 7) is 0. The van der Waals surface area contributed by atoms with Crippen molar-refractivity contribution in [2.75, 3.05) is 0 Å². The van der Waals surface area contributed by atoms with Crippen molar-refractivity contribution in [1.29, 1.82) is 0 Å². The van der Waals surface area contributed by atoms with E-state index in [1.165, 1.54) is 12.8 Å². The van der Waals surface area contributed by atoms with Gasteiger partial charge >= 0.3 is 0 Å². The highest BCUT2D eigenvalue weighted by Crippen LogP contribution is 2.46. The van der Waals surface area contributed by atoms with Gasteiger partial charge in [-0.05, 0) is 38.5 Å². The number of nitrogens with two attached hydrogens (primary N) is 1. The van der Waals surface area contributed by atoms with Crippen molar-refractivity contribution in [3.05, 3.63) is 11.6 Å². The zero-order valence-corrected chi connectivity index (χ0v) is 10.2. The first kappa shape index (κ1) is 10.5. The summed E-state index contributed by atoms with van der Waals surface area (Å²) in [6, 6.07) is 0. The van der Waals surface area contributed by atoms with E-state index in [0.29, 0.717) is 5.92 Å². The van der Waals surface area contributed by atoms with Gasteiger partial charge in [0.1, 0.15) is 11.4 Å². The molecule has 96 valence electrons. The van der Waals surface area contributed by atoms with Crippen molar-refractivity contribution in [3.8, 4) is 0 Å². The molecule has 3 fully saturated rings. The van der Waals surface area contributed by atoms with Crippen LogP contribution < -0.4 is 11.1 Å². The van der Waals surface area contributed by atoms with Gasteiger partial charge in [-0.1, -0.05) is 0 Å². The van der Waals surface area contributed by atoms with Gasteiger partial charge in [0.15, 0.2) is 5.82 Å². The normalized spacial score (nSPS) is 26.7. The van der Waals surface area contributed by atoms with Crippen LogP contribution in [0.4, 0.5) is 0 Å². The highest BCUT2D eigenvalue weighted by atomic mass is 16.2. The van der Waals surface area contributed by atoms with Crippen LogP contribution in [-0.4, -0.2) is 26.6 Å². The second kappa shape index (κ2) is 3.12. The summed E-state index contributed by atoms with van der Waals surface area (Å²) in [7, 11) is 0. The third-order valence-corrected chi connectivity index (χ3v) is 4.27. The fourth-order valence-electron chi connectivity index (χ4n) is 2.28. The van der Waals surface area contributed by atoms with E-state index in [1.807, 2.05) is 0 Å². The van der Waals surface area contributed by atoms with Crippen LogP contribution in [0.15, 0.2) is 0 Å². The van der Waals surface area contributed by atoms with E-state index in [0.717, 1.165) is 37.3 Å². The Hall–Kier alpha value is -1.43. The van der Waals surface area contributed by atoms with Crippen LogP contribution in [0.25, 0.3) is 0 Å². The number of hydrogen-bond acceptors (Lipinski definition) is 4. The highest BCUT2D eigenvalue weighted by Gasteiger charge is 2.54. The molecule has 0 saturated heterocycles. The predicted molar refractivity (Wildman–Crippen MR) is 63.6 cm³/mol. The van der Waals surface area contributed by atoms with Gasteiger partial charge in [-0.2, -0.15) is 0 Å². The second-order valence-electron chi connectivity index (χ2n) is 6.03. The van der Waals surface area contributed by atoms with E-state index in [1.54, 1.807) is 0 Å². The number of nitrogens with zero attached hydrogens (tertiary/aromatic N) is 2. The monoisotopic (exact) mass is 247 g/mol. The van der Waals surface area contributed by atoms with Crippen LogP contribution in [0.5, 0.6) is 0 Å². The van der Waals surface area contributed by atoms with Crippen molar-refractivity contribution in [2.24, 2.45) is 5.73 Å². The molecule has 4 N–H and O–H groups in total. The number of carbonyl (C=O) groups excluding carboxylic acids is 1. The number of aromatic nitrogens is 3. The molecule has 6 nitrogen and oxygen atoms in total. The van der Waals surface area contributed by atoms with Crippen molar-refractivity contribution in [2.45, 2.75) is 55.5 Å². The first-order valence-corrected chi connectivity index (χ1v) is 6.66. The molecule has 0 radical (unpaired) electrons. The second-order valence-corrected chi connectivity index (χ2v) is 6.03. The first-order chi connectivity index (χ1) is 8.61. The minimum Gasteiger partial charge on any atom is -0.342 e. The van der Waals surface area contributed by atoms with Crippen molar-refractivity contribution >= 4 is 5.91 Å². The molecule has 0 spiro atoms. The number of carbonyl (C=O) groups is 1. The van der Waals surface area contributed by atoms with Gasteiger partial charge in [0, 0.05) is 5.92 Å². The van der Waals surface area contributed by atoms with Gasteiger partial charge in [0.25, 0.3) is 0 Å². The van der Waals surface area contributed by atoms with E-state index in [9.17, 15) is 4.79 Å². The van der Waals surface area contributed by atoms with Crippen LogP contribution in [0.3, 0.4) is 0 Å². The summed E-state index contributed by atoms with van der Waals surface area (Å²) < 4.78 is 0. The average molecular weight is 247 g/mol. The third kappa shape index (κ3) is 1.55. The third-order valence-electron chi connectivity index (χ3n) is 4.27. The molecule has 3 saturated carbocycles. The van der Waals surface area contributed by atoms with Gasteiger partial charge < -0.3 is 16.0 Å². The van der Waals surface area contributed by atoms with E-state index < -0.39 is 5.54 Å². The van der Waals surface area contributed by atoms with Crippen LogP contribution in [0, 0.1) is 0 Å². The van der Waals surface area contributed by atoms with Gasteiger partial charge in [-0.15, -0.1) is 10.2 Å². The lowest BCUT2D eigenvalue weighted by Crippen LogP contribution is -2.47. The SMILES string of the molecule is NC1(C(=O)NC2(c3nnc(C4CC4)[nH]3)CC2)CC1. The summed E-state index contributed by atoms with van der Waals surface area (Å²) in [5.74, 6) is 2.30. The molecular formula is C12H17N5O. The molecule has 1 aromatic heterocycles. The van der Waals surface area contributed by atoms with Crippen LogP contribution in [0.2, 0.25) is 0 Å². The zero-order chi connectivity index (χ0) is 12.4. The number of nitrogens with one attached hydrogen (secondary N) is 2. The molecule has 3 aliphatic rings. The molecule has 0 unspecified atom stereocenters. The average Bonchev–Trinajstić information content (AvgIpc) is 3.23. The number of hydrogen-bond donors (Lipinski definition) is 3. The highest BCUT2D eigenvalue weighted by molar-refractivity contribution is 5.89. The zero-order valence-electron chi connectivity index (χ0n) is 10.2. The van der Waals surface area contributed by atoms with E-state index in [4.69, 9.17) is 5.73 Å². The molecule has 0 aliphatic heterocycles. The smallest absolute Gasteiger partial charge is 0.240 e. The molecule has 4 rings (SSSR count). The predicted octanol–water partition coefficient (Wildman–Crippen LogP) is 0.279. The number of H-pyrrole nitrogens is 1. The Bertz CT molecular complexity index is 510. The first-order valence-electron chi connectivity index (χ1n) is 6.66. The minimum absolute atomic E-state index is 0.0376. The molecule has 3 aliphatic carbocycles. The Balaban J connectivity index is 1.53. The van der Waals surface area contributed by atoms with E-state index >= 15 is 0 Å². The number of aromatic amines is 1. The van der Waals surface area contributed by atoms with Crippen molar-refractivity contribution in [1.82, 2.24) is 20.5 Å². The Morgan fingerprint density at radius 2 is 2.00 bits per heavy atom. The summed E-state index contributed by atoms with van der Waals surface area (Å²) in [5.41, 5.74) is 4.98. The molecule has 1 aromatic rings. The molecule has 0 aromatic carbocycles. The molecule has 0 atom stereocenters. The van der Waals surface area contributed by atoms with E-state index in [2.05, 4.69) is 20.5 Å². The van der Waals surface area contributed by atoms with Gasteiger partial charge in [-0.25, -0.2) is 0 Å². The van der Waals surface area contributed by atoms with Crippen molar-refractivity contribution < 1.29 is 4.79 Å². The lowest BCUT2D eigenvalue weighted by molar-refractivity contribution is -0.124. The maximum absolute atomic E-state index is 12.0. The lowest BCUT2D eigenvalue weighted by atomic mass is 10.2. The summed E-state index contributed by atoms with van der Waals surface area (Å²) in [4.78, 5) is 15.3. The molecule has 6 heteroatoms. The summed E-state index contributed by atoms with van der Waals surface area (Å²) in [5, 5.41) is 11.4. The number of amides is 1. The van der Waals surface area contributed by atoms with Crippen LogP contribution in [-0.2, 0) is 10.3 Å². The Morgan fingerprint density at radius 1 is 1.28 bits per heavy atom. The van der Waals surface area contributed by atoms with Crippen molar-refractivity contribution in [3.63, 3.8) is 0 Å². The molecule has 0 bridgehead atoms. The Morgan fingerprint density at radius 3 is 2.56 bits per heavy atom. The van der Waals surface area contributed by atoms with Crippen LogP contribution >= 0.6 is 0 Å². The topological polar surface area (TPSA) is 96.7 Å². The number of rotatable bonds is 4. The fourth-order valence-corrected chi connectivity index (χ4v) is 2.28. The maximum atomic E-state index is 12.0. The molecule has 1 heterocycles. The summed E-state index contributed by atoms with van der Waals surface area (Å²) >= 11 is 0. The minimum atomic E-state index is -0.616. The van der Waals surface area contributed by atoms with E-state index in [-0.39, 0.29) is 11.4 Å². The van der Waals surface area contributed by atoms with Gasteiger partial charge in [-0.3, -0.25) is 4.79 Å². The molecular weight excluding hydrogens is 230 g/mol.